The van der Waals surface area contributed by atoms with Gasteiger partial charge in [0.25, 0.3) is 5.91 Å². The molecule has 4 nitrogen and oxygen atoms in total. The van der Waals surface area contributed by atoms with Gasteiger partial charge in [-0.3, -0.25) is 9.78 Å². The molecule has 2 aliphatic heterocycles. The minimum absolute atomic E-state index is 0.0873. The number of aromatic nitrogens is 1. The van der Waals surface area contributed by atoms with Gasteiger partial charge in [0.05, 0.1) is 0 Å². The summed E-state index contributed by atoms with van der Waals surface area (Å²) in [6, 6.07) is 4.31. The van der Waals surface area contributed by atoms with E-state index >= 15 is 0 Å². The first-order chi connectivity index (χ1) is 8.75. The van der Waals surface area contributed by atoms with Crippen LogP contribution in [0.1, 0.15) is 28.9 Å². The van der Waals surface area contributed by atoms with Gasteiger partial charge in [-0.15, -0.1) is 0 Å². The van der Waals surface area contributed by atoms with Crippen molar-refractivity contribution in [1.82, 2.24) is 15.2 Å². The number of carbonyl (C=O) groups is 1. The lowest BCUT2D eigenvalue weighted by atomic mass is 9.94. The topological polar surface area (TPSA) is 45.2 Å². The highest BCUT2D eigenvalue weighted by Gasteiger charge is 2.37. The van der Waals surface area contributed by atoms with Gasteiger partial charge in [-0.1, -0.05) is 6.07 Å². The number of fused-ring (bicyclic) bond motifs is 1. The molecule has 0 aromatic carbocycles. The molecule has 3 heterocycles. The lowest BCUT2D eigenvalue weighted by Crippen LogP contribution is -2.41. The molecular weight excluding hydrogens is 226 g/mol. The fourth-order valence-electron chi connectivity index (χ4n) is 3.07. The van der Waals surface area contributed by atoms with Crippen LogP contribution >= 0.6 is 0 Å². The van der Waals surface area contributed by atoms with E-state index < -0.39 is 0 Å². The lowest BCUT2D eigenvalue weighted by Gasteiger charge is -2.24. The first-order valence-corrected chi connectivity index (χ1v) is 6.70. The van der Waals surface area contributed by atoms with E-state index in [1.165, 1.54) is 12.8 Å². The van der Waals surface area contributed by atoms with Crippen molar-refractivity contribution in [3.8, 4) is 0 Å². The second-order valence-electron chi connectivity index (χ2n) is 5.34. The van der Waals surface area contributed by atoms with E-state index in [2.05, 4.69) is 10.3 Å². The summed E-state index contributed by atoms with van der Waals surface area (Å²) in [5.74, 6) is 0.719. The van der Waals surface area contributed by atoms with Crippen molar-refractivity contribution in [2.75, 3.05) is 19.6 Å². The summed E-state index contributed by atoms with van der Waals surface area (Å²) in [4.78, 5) is 18.6. The molecule has 1 amide bonds. The standard InChI is InChI=1S/C14H19N3O/c1-10-4-2-7-16-13(10)14(18)17-8-11-5-3-6-15-12(11)9-17/h2,4,7,11-12,15H,3,5-6,8-9H2,1H3. The second-order valence-corrected chi connectivity index (χ2v) is 5.34. The SMILES string of the molecule is Cc1cccnc1C(=O)N1CC2CCCNC2C1. The van der Waals surface area contributed by atoms with Crippen LogP contribution in [-0.4, -0.2) is 41.5 Å². The van der Waals surface area contributed by atoms with Crippen LogP contribution in [0.15, 0.2) is 18.3 Å². The van der Waals surface area contributed by atoms with Crippen molar-refractivity contribution in [3.05, 3.63) is 29.6 Å². The Morgan fingerprint density at radius 1 is 1.50 bits per heavy atom. The van der Waals surface area contributed by atoms with Crippen molar-refractivity contribution in [2.45, 2.75) is 25.8 Å². The minimum Gasteiger partial charge on any atom is -0.335 e. The number of hydrogen-bond acceptors (Lipinski definition) is 3. The lowest BCUT2D eigenvalue weighted by molar-refractivity contribution is 0.0779. The van der Waals surface area contributed by atoms with E-state index in [0.29, 0.717) is 17.7 Å². The highest BCUT2D eigenvalue weighted by Crippen LogP contribution is 2.26. The first-order valence-electron chi connectivity index (χ1n) is 6.70. The molecule has 4 heteroatoms. The van der Waals surface area contributed by atoms with E-state index in [9.17, 15) is 4.79 Å². The number of nitrogens with zero attached hydrogens (tertiary/aromatic N) is 2. The molecular formula is C14H19N3O. The molecule has 0 spiro atoms. The summed E-state index contributed by atoms with van der Waals surface area (Å²) in [5, 5.41) is 3.52. The Balaban J connectivity index is 1.76. The summed E-state index contributed by atoms with van der Waals surface area (Å²) in [6.45, 7) is 4.75. The summed E-state index contributed by atoms with van der Waals surface area (Å²) in [6.07, 6.45) is 4.16. The molecule has 0 aliphatic carbocycles. The van der Waals surface area contributed by atoms with E-state index in [1.807, 2.05) is 24.0 Å². The Kier molecular flexibility index (Phi) is 3.04. The number of carbonyl (C=O) groups excluding carboxylic acids is 1. The fraction of sp³-hybridized carbons (Fsp3) is 0.571. The maximum atomic E-state index is 12.4. The fourth-order valence-corrected chi connectivity index (χ4v) is 3.07. The molecule has 2 unspecified atom stereocenters. The number of amides is 1. The molecule has 0 bridgehead atoms. The normalized spacial score (nSPS) is 27.1. The van der Waals surface area contributed by atoms with Crippen molar-refractivity contribution < 1.29 is 4.79 Å². The molecule has 2 atom stereocenters. The number of aryl methyl sites for hydroxylation is 1. The Morgan fingerprint density at radius 3 is 3.17 bits per heavy atom. The zero-order chi connectivity index (χ0) is 12.5. The number of piperidine rings is 1. The Labute approximate surface area is 107 Å². The zero-order valence-corrected chi connectivity index (χ0v) is 10.7. The van der Waals surface area contributed by atoms with Crippen molar-refractivity contribution >= 4 is 5.91 Å². The maximum Gasteiger partial charge on any atom is 0.272 e. The maximum absolute atomic E-state index is 12.4. The Bertz CT molecular complexity index is 446. The predicted molar refractivity (Wildman–Crippen MR) is 69.4 cm³/mol. The van der Waals surface area contributed by atoms with Gasteiger partial charge in [-0.25, -0.2) is 0 Å². The summed E-state index contributed by atoms with van der Waals surface area (Å²) >= 11 is 0. The van der Waals surface area contributed by atoms with Crippen LogP contribution in [0.5, 0.6) is 0 Å². The van der Waals surface area contributed by atoms with Gasteiger partial charge >= 0.3 is 0 Å². The van der Waals surface area contributed by atoms with E-state index in [4.69, 9.17) is 0 Å². The van der Waals surface area contributed by atoms with E-state index in [0.717, 1.165) is 25.2 Å². The number of hydrogen-bond donors (Lipinski definition) is 1. The van der Waals surface area contributed by atoms with Crippen LogP contribution in [0.2, 0.25) is 0 Å². The van der Waals surface area contributed by atoms with E-state index in [-0.39, 0.29) is 5.91 Å². The molecule has 3 rings (SSSR count). The molecule has 0 radical (unpaired) electrons. The molecule has 2 aliphatic rings. The zero-order valence-electron chi connectivity index (χ0n) is 10.7. The molecule has 1 N–H and O–H groups in total. The Hall–Kier alpha value is -1.42. The van der Waals surface area contributed by atoms with Crippen molar-refractivity contribution in [2.24, 2.45) is 5.92 Å². The van der Waals surface area contributed by atoms with Gasteiger partial charge in [0, 0.05) is 25.3 Å². The molecule has 96 valence electrons. The van der Waals surface area contributed by atoms with Gasteiger partial charge < -0.3 is 10.2 Å². The van der Waals surface area contributed by atoms with E-state index in [1.54, 1.807) is 6.20 Å². The van der Waals surface area contributed by atoms with Crippen molar-refractivity contribution in [1.29, 1.82) is 0 Å². The van der Waals surface area contributed by atoms with Crippen LogP contribution < -0.4 is 5.32 Å². The van der Waals surface area contributed by atoms with Gasteiger partial charge in [0.1, 0.15) is 5.69 Å². The van der Waals surface area contributed by atoms with Crippen LogP contribution in [0.3, 0.4) is 0 Å². The van der Waals surface area contributed by atoms with Crippen molar-refractivity contribution in [3.63, 3.8) is 0 Å². The van der Waals surface area contributed by atoms with Gasteiger partial charge in [0.2, 0.25) is 0 Å². The largest absolute Gasteiger partial charge is 0.335 e. The third-order valence-corrected chi connectivity index (χ3v) is 4.10. The van der Waals surface area contributed by atoms with Crippen LogP contribution in [0, 0.1) is 12.8 Å². The average molecular weight is 245 g/mol. The van der Waals surface area contributed by atoms with Gasteiger partial charge in [0.15, 0.2) is 0 Å². The first kappa shape index (κ1) is 11.7. The molecule has 18 heavy (non-hydrogen) atoms. The number of pyridine rings is 1. The minimum atomic E-state index is 0.0873. The smallest absolute Gasteiger partial charge is 0.272 e. The third-order valence-electron chi connectivity index (χ3n) is 4.10. The molecule has 1 aromatic heterocycles. The summed E-state index contributed by atoms with van der Waals surface area (Å²) < 4.78 is 0. The molecule has 2 fully saturated rings. The number of rotatable bonds is 1. The summed E-state index contributed by atoms with van der Waals surface area (Å²) in [5.41, 5.74) is 1.57. The van der Waals surface area contributed by atoms with Crippen LogP contribution in [0.25, 0.3) is 0 Å². The van der Waals surface area contributed by atoms with Gasteiger partial charge in [-0.05, 0) is 43.9 Å². The van der Waals surface area contributed by atoms with Gasteiger partial charge in [-0.2, -0.15) is 0 Å². The van der Waals surface area contributed by atoms with Crippen LogP contribution in [0.4, 0.5) is 0 Å². The quantitative estimate of drug-likeness (QED) is 0.809. The Morgan fingerprint density at radius 2 is 2.39 bits per heavy atom. The molecule has 2 saturated heterocycles. The molecule has 1 aromatic rings. The summed E-state index contributed by atoms with van der Waals surface area (Å²) in [7, 11) is 0. The predicted octanol–water partition coefficient (Wildman–Crippen LogP) is 1.21. The van der Waals surface area contributed by atoms with Crippen LogP contribution in [-0.2, 0) is 0 Å². The number of likely N-dealkylation sites (tertiary alicyclic amines) is 1. The molecule has 0 saturated carbocycles. The number of nitrogens with one attached hydrogen (secondary N) is 1. The average Bonchev–Trinajstić information content (AvgIpc) is 2.82. The highest BCUT2D eigenvalue weighted by molar-refractivity contribution is 5.93. The highest BCUT2D eigenvalue weighted by atomic mass is 16.2. The third kappa shape index (κ3) is 2.01. The second kappa shape index (κ2) is 4.69. The monoisotopic (exact) mass is 245 g/mol.